The quantitative estimate of drug-likeness (QED) is 0.672. The lowest BCUT2D eigenvalue weighted by atomic mass is 10.1. The predicted molar refractivity (Wildman–Crippen MR) is 105 cm³/mol. The number of ether oxygens (including phenoxy) is 1. The molecule has 1 aromatic heterocycles. The lowest BCUT2D eigenvalue weighted by Gasteiger charge is -2.19. The molecule has 1 amide bonds. The Balaban J connectivity index is 1.81. The number of carbonyl (C=O) groups excluding carboxylic acids is 1. The largest absolute Gasteiger partial charge is 0.383 e. The number of aromatic nitrogens is 1. The minimum absolute atomic E-state index is 0.207. The zero-order valence-corrected chi connectivity index (χ0v) is 16.4. The van der Waals surface area contributed by atoms with Crippen molar-refractivity contribution in [3.05, 3.63) is 34.9 Å². The Bertz CT molecular complexity index is 763. The highest BCUT2D eigenvalue weighted by molar-refractivity contribution is 6.30. The van der Waals surface area contributed by atoms with Crippen LogP contribution in [0.25, 0.3) is 11.3 Å². The number of halogens is 1. The van der Waals surface area contributed by atoms with Crippen LogP contribution in [0.15, 0.2) is 28.8 Å². The van der Waals surface area contributed by atoms with Gasteiger partial charge in [-0.2, -0.15) is 0 Å². The van der Waals surface area contributed by atoms with Crippen LogP contribution in [0.3, 0.4) is 0 Å². The molecule has 0 spiro atoms. The third kappa shape index (κ3) is 4.80. The molecule has 1 aromatic carbocycles. The molecule has 3 rings (SSSR count). The van der Waals surface area contributed by atoms with Gasteiger partial charge in [-0.1, -0.05) is 16.8 Å². The molecule has 2 aromatic rings. The number of benzene rings is 1. The molecule has 1 aliphatic rings. The number of anilines is 1. The summed E-state index contributed by atoms with van der Waals surface area (Å²) in [5.74, 6) is 0.625. The molecule has 0 bridgehead atoms. The van der Waals surface area contributed by atoms with Crippen molar-refractivity contribution in [1.29, 1.82) is 0 Å². The second-order valence-corrected chi connectivity index (χ2v) is 7.08. The van der Waals surface area contributed by atoms with E-state index in [2.05, 4.69) is 27.7 Å². The molecule has 1 unspecified atom stereocenters. The number of hydrogen-bond acceptors (Lipinski definition) is 6. The Morgan fingerprint density at radius 3 is 2.85 bits per heavy atom. The molecule has 1 aliphatic heterocycles. The maximum atomic E-state index is 13.0. The maximum Gasteiger partial charge on any atom is 0.259 e. The topological polar surface area (TPSA) is 79.6 Å². The Hall–Kier alpha value is -2.09. The van der Waals surface area contributed by atoms with Crippen LogP contribution in [0.5, 0.6) is 0 Å². The van der Waals surface area contributed by atoms with Crippen molar-refractivity contribution in [3.63, 3.8) is 0 Å². The smallest absolute Gasteiger partial charge is 0.259 e. The summed E-state index contributed by atoms with van der Waals surface area (Å²) < 4.78 is 10.6. The summed E-state index contributed by atoms with van der Waals surface area (Å²) in [6.07, 6.45) is 2.24. The summed E-state index contributed by atoms with van der Waals surface area (Å²) in [6, 6.07) is 7.49. The van der Waals surface area contributed by atoms with Gasteiger partial charge in [0.05, 0.1) is 6.61 Å². The molecular formula is C19H25ClN4O3. The fraction of sp³-hybridized carbons (Fsp3) is 0.474. The molecule has 146 valence electrons. The molecule has 1 saturated heterocycles. The normalized spacial score (nSPS) is 17.2. The van der Waals surface area contributed by atoms with Gasteiger partial charge < -0.3 is 24.8 Å². The van der Waals surface area contributed by atoms with Gasteiger partial charge in [-0.25, -0.2) is 0 Å². The molecule has 2 heterocycles. The average Bonchev–Trinajstić information content (AvgIpc) is 3.27. The Kier molecular flexibility index (Phi) is 6.71. The lowest BCUT2D eigenvalue weighted by Crippen LogP contribution is -2.38. The number of likely N-dealkylation sites (N-methyl/N-ethyl adjacent to an activating group) is 1. The van der Waals surface area contributed by atoms with E-state index < -0.39 is 0 Å². The van der Waals surface area contributed by atoms with Crippen LogP contribution in [0.4, 0.5) is 5.82 Å². The maximum absolute atomic E-state index is 13.0. The van der Waals surface area contributed by atoms with Gasteiger partial charge in [0.1, 0.15) is 5.56 Å². The predicted octanol–water partition coefficient (Wildman–Crippen LogP) is 2.88. The highest BCUT2D eigenvalue weighted by Crippen LogP contribution is 2.30. The minimum atomic E-state index is -0.207. The zero-order chi connectivity index (χ0) is 19.2. The minimum Gasteiger partial charge on any atom is -0.383 e. The molecule has 0 radical (unpaired) electrons. The fourth-order valence-electron chi connectivity index (χ4n) is 3.23. The van der Waals surface area contributed by atoms with Crippen molar-refractivity contribution < 1.29 is 14.1 Å². The van der Waals surface area contributed by atoms with Crippen LogP contribution in [-0.2, 0) is 4.74 Å². The van der Waals surface area contributed by atoms with Crippen molar-refractivity contribution in [1.82, 2.24) is 15.4 Å². The van der Waals surface area contributed by atoms with Crippen LogP contribution in [0.1, 0.15) is 23.2 Å². The molecular weight excluding hydrogens is 368 g/mol. The lowest BCUT2D eigenvalue weighted by molar-refractivity contribution is 0.0944. The standard InChI is InChI=1S/C19H25ClN4O3/c1-24-10-3-4-15(24)12-22-19(25)16-17(13-5-7-14(20)8-6-13)27-23-18(16)21-9-11-26-2/h5-8,15H,3-4,9-12H2,1-2H3,(H,21,23)(H,22,25). The third-order valence-electron chi connectivity index (χ3n) is 4.79. The van der Waals surface area contributed by atoms with Crippen LogP contribution in [0.2, 0.25) is 5.02 Å². The number of amides is 1. The van der Waals surface area contributed by atoms with E-state index in [0.29, 0.717) is 47.9 Å². The molecule has 0 aliphatic carbocycles. The van der Waals surface area contributed by atoms with Crippen molar-refractivity contribution in [2.75, 3.05) is 45.7 Å². The molecule has 1 atom stereocenters. The number of methoxy groups -OCH3 is 1. The number of likely N-dealkylation sites (tertiary alicyclic amines) is 1. The Morgan fingerprint density at radius 2 is 2.19 bits per heavy atom. The van der Waals surface area contributed by atoms with Gasteiger partial charge in [-0.15, -0.1) is 0 Å². The van der Waals surface area contributed by atoms with E-state index in [0.717, 1.165) is 24.9 Å². The van der Waals surface area contributed by atoms with Gasteiger partial charge in [0.2, 0.25) is 0 Å². The van der Waals surface area contributed by atoms with Gasteiger partial charge >= 0.3 is 0 Å². The summed E-state index contributed by atoms with van der Waals surface area (Å²) in [5, 5.41) is 10.8. The number of nitrogens with one attached hydrogen (secondary N) is 2. The van der Waals surface area contributed by atoms with Gasteiger partial charge in [0.25, 0.3) is 5.91 Å². The summed E-state index contributed by atoms with van der Waals surface area (Å²) in [6.45, 7) is 2.68. The van der Waals surface area contributed by atoms with E-state index in [4.69, 9.17) is 20.9 Å². The fourth-order valence-corrected chi connectivity index (χ4v) is 3.35. The van der Waals surface area contributed by atoms with E-state index in [1.165, 1.54) is 0 Å². The van der Waals surface area contributed by atoms with E-state index in [9.17, 15) is 4.79 Å². The van der Waals surface area contributed by atoms with Crippen LogP contribution >= 0.6 is 11.6 Å². The Morgan fingerprint density at radius 1 is 1.41 bits per heavy atom. The first-order valence-corrected chi connectivity index (χ1v) is 9.44. The van der Waals surface area contributed by atoms with Gasteiger partial charge in [-0.3, -0.25) is 4.79 Å². The van der Waals surface area contributed by atoms with Crippen LogP contribution in [-0.4, -0.2) is 62.4 Å². The first-order valence-electron chi connectivity index (χ1n) is 9.07. The summed E-state index contributed by atoms with van der Waals surface area (Å²) in [7, 11) is 3.70. The molecule has 27 heavy (non-hydrogen) atoms. The molecule has 1 fully saturated rings. The second-order valence-electron chi connectivity index (χ2n) is 6.65. The molecule has 7 nitrogen and oxygen atoms in total. The first-order chi connectivity index (χ1) is 13.1. The van der Waals surface area contributed by atoms with E-state index in [-0.39, 0.29) is 5.91 Å². The number of carbonyl (C=O) groups is 1. The van der Waals surface area contributed by atoms with Crippen molar-refractivity contribution in [3.8, 4) is 11.3 Å². The van der Waals surface area contributed by atoms with Gasteiger partial charge in [-0.05, 0) is 50.7 Å². The van der Waals surface area contributed by atoms with Crippen molar-refractivity contribution in [2.24, 2.45) is 0 Å². The highest BCUT2D eigenvalue weighted by Gasteiger charge is 2.26. The average molecular weight is 393 g/mol. The summed E-state index contributed by atoms with van der Waals surface area (Å²) in [4.78, 5) is 15.2. The number of hydrogen-bond donors (Lipinski definition) is 2. The van der Waals surface area contributed by atoms with Crippen molar-refractivity contribution in [2.45, 2.75) is 18.9 Å². The third-order valence-corrected chi connectivity index (χ3v) is 5.05. The number of rotatable bonds is 8. The molecule has 2 N–H and O–H groups in total. The van der Waals surface area contributed by atoms with Gasteiger partial charge in [0.15, 0.2) is 11.6 Å². The number of nitrogens with zero attached hydrogens (tertiary/aromatic N) is 2. The van der Waals surface area contributed by atoms with E-state index in [1.807, 2.05) is 12.1 Å². The monoisotopic (exact) mass is 392 g/mol. The first kappa shape index (κ1) is 19.7. The molecule has 0 saturated carbocycles. The van der Waals surface area contributed by atoms with E-state index in [1.54, 1.807) is 19.2 Å². The van der Waals surface area contributed by atoms with Crippen molar-refractivity contribution >= 4 is 23.3 Å². The highest BCUT2D eigenvalue weighted by atomic mass is 35.5. The SMILES string of the molecule is COCCNc1noc(-c2ccc(Cl)cc2)c1C(=O)NCC1CCCN1C. The second kappa shape index (κ2) is 9.21. The van der Waals surface area contributed by atoms with E-state index >= 15 is 0 Å². The molecule has 8 heteroatoms. The summed E-state index contributed by atoms with van der Waals surface area (Å²) in [5.41, 5.74) is 1.14. The zero-order valence-electron chi connectivity index (χ0n) is 15.6. The van der Waals surface area contributed by atoms with Crippen LogP contribution < -0.4 is 10.6 Å². The Labute approximate surface area is 164 Å². The van der Waals surface area contributed by atoms with Crippen LogP contribution in [0, 0.1) is 0 Å². The van der Waals surface area contributed by atoms with Gasteiger partial charge in [0, 0.05) is 36.8 Å². The summed E-state index contributed by atoms with van der Waals surface area (Å²) >= 11 is 5.97.